The summed E-state index contributed by atoms with van der Waals surface area (Å²) in [5.41, 5.74) is 6.38. The van der Waals surface area contributed by atoms with E-state index >= 15 is 0 Å². The smallest absolute Gasteiger partial charge is 0.271 e. The molecular formula is C15H19N3O. The zero-order valence-electron chi connectivity index (χ0n) is 11.1. The third kappa shape index (κ3) is 3.55. The van der Waals surface area contributed by atoms with Crippen molar-refractivity contribution in [2.24, 2.45) is 11.7 Å². The van der Waals surface area contributed by atoms with Gasteiger partial charge in [-0.15, -0.1) is 0 Å². The Morgan fingerprint density at radius 3 is 3.21 bits per heavy atom. The van der Waals surface area contributed by atoms with Crippen LogP contribution in [-0.2, 0) is 0 Å². The van der Waals surface area contributed by atoms with Gasteiger partial charge in [-0.25, -0.2) is 4.98 Å². The molecular weight excluding hydrogens is 238 g/mol. The van der Waals surface area contributed by atoms with Crippen LogP contribution in [0.1, 0.15) is 42.2 Å². The van der Waals surface area contributed by atoms with Crippen LogP contribution in [0.15, 0.2) is 18.3 Å². The molecule has 0 aromatic carbocycles. The Balaban J connectivity index is 2.03. The molecule has 1 fully saturated rings. The molecule has 4 heteroatoms. The van der Waals surface area contributed by atoms with Crippen molar-refractivity contribution in [2.75, 3.05) is 6.54 Å². The minimum absolute atomic E-state index is 0.134. The Kier molecular flexibility index (Phi) is 4.53. The Bertz CT molecular complexity index is 516. The molecule has 1 aromatic heterocycles. The zero-order chi connectivity index (χ0) is 13.7. The molecule has 0 aliphatic heterocycles. The van der Waals surface area contributed by atoms with E-state index in [2.05, 4.69) is 29.1 Å². The highest BCUT2D eigenvalue weighted by Crippen LogP contribution is 2.34. The second-order valence-electron chi connectivity index (χ2n) is 4.77. The van der Waals surface area contributed by atoms with E-state index in [0.717, 1.165) is 12.8 Å². The van der Waals surface area contributed by atoms with Gasteiger partial charge in [-0.1, -0.05) is 25.2 Å². The molecule has 2 unspecified atom stereocenters. The van der Waals surface area contributed by atoms with E-state index in [9.17, 15) is 4.79 Å². The van der Waals surface area contributed by atoms with Crippen LogP contribution < -0.4 is 11.1 Å². The lowest BCUT2D eigenvalue weighted by atomic mass is 10.2. The maximum atomic E-state index is 12.2. The summed E-state index contributed by atoms with van der Waals surface area (Å²) in [6, 6.07) is 3.87. The Morgan fingerprint density at radius 1 is 1.63 bits per heavy atom. The third-order valence-corrected chi connectivity index (χ3v) is 3.25. The number of aromatic nitrogens is 1. The van der Waals surface area contributed by atoms with Gasteiger partial charge in [0, 0.05) is 12.2 Å². The molecule has 4 nitrogen and oxygen atoms in total. The van der Waals surface area contributed by atoms with E-state index < -0.39 is 0 Å². The van der Waals surface area contributed by atoms with Crippen molar-refractivity contribution in [1.82, 2.24) is 10.3 Å². The number of nitrogens with one attached hydrogen (secondary N) is 1. The number of rotatable bonds is 4. The highest BCUT2D eigenvalue weighted by molar-refractivity contribution is 5.95. The first kappa shape index (κ1) is 13.6. The van der Waals surface area contributed by atoms with E-state index in [1.807, 2.05) is 0 Å². The van der Waals surface area contributed by atoms with Crippen LogP contribution in [0.4, 0.5) is 0 Å². The van der Waals surface area contributed by atoms with Gasteiger partial charge < -0.3 is 11.1 Å². The highest BCUT2D eigenvalue weighted by atomic mass is 16.2. The Morgan fingerprint density at radius 2 is 2.47 bits per heavy atom. The fraction of sp³-hybridized carbons (Fsp3) is 0.467. The summed E-state index contributed by atoms with van der Waals surface area (Å²) in [6.07, 6.45) is 5.02. The lowest BCUT2D eigenvalue weighted by Gasteiger charge is -2.05. The number of carbonyl (C=O) groups excluding carboxylic acids is 1. The lowest BCUT2D eigenvalue weighted by molar-refractivity contribution is 0.0943. The summed E-state index contributed by atoms with van der Waals surface area (Å²) >= 11 is 0. The first-order chi connectivity index (χ1) is 9.26. The van der Waals surface area contributed by atoms with Crippen LogP contribution in [0.25, 0.3) is 0 Å². The first-order valence-electron chi connectivity index (χ1n) is 6.71. The summed E-state index contributed by atoms with van der Waals surface area (Å²) in [7, 11) is 0. The van der Waals surface area contributed by atoms with E-state index in [1.54, 1.807) is 18.3 Å². The van der Waals surface area contributed by atoms with Crippen molar-refractivity contribution < 1.29 is 4.79 Å². The van der Waals surface area contributed by atoms with Crippen LogP contribution in [0.2, 0.25) is 0 Å². The molecule has 2 rings (SSSR count). The number of hydrogen-bond donors (Lipinski definition) is 2. The SMILES string of the molecule is CCCC1CC1NC(=O)c1ncccc1C#CCN. The Labute approximate surface area is 113 Å². The average Bonchev–Trinajstić information content (AvgIpc) is 3.15. The molecule has 1 aliphatic rings. The first-order valence-corrected chi connectivity index (χ1v) is 6.71. The van der Waals surface area contributed by atoms with Gasteiger partial charge >= 0.3 is 0 Å². The molecule has 1 saturated carbocycles. The van der Waals surface area contributed by atoms with Crippen molar-refractivity contribution in [3.63, 3.8) is 0 Å². The lowest BCUT2D eigenvalue weighted by Crippen LogP contribution is -2.28. The number of carbonyl (C=O) groups is 1. The molecule has 0 saturated heterocycles. The molecule has 100 valence electrons. The van der Waals surface area contributed by atoms with E-state index in [1.165, 1.54) is 6.42 Å². The number of pyridine rings is 1. The molecule has 19 heavy (non-hydrogen) atoms. The van der Waals surface area contributed by atoms with E-state index in [4.69, 9.17) is 5.73 Å². The number of amides is 1. The maximum Gasteiger partial charge on any atom is 0.271 e. The van der Waals surface area contributed by atoms with E-state index in [-0.39, 0.29) is 12.5 Å². The minimum atomic E-state index is -0.134. The summed E-state index contributed by atoms with van der Waals surface area (Å²) < 4.78 is 0. The predicted octanol–water partition coefficient (Wildman–Crippen LogP) is 1.31. The van der Waals surface area contributed by atoms with Gasteiger partial charge in [0.25, 0.3) is 5.91 Å². The monoisotopic (exact) mass is 257 g/mol. The summed E-state index contributed by atoms with van der Waals surface area (Å²) in [6.45, 7) is 2.44. The average molecular weight is 257 g/mol. The molecule has 1 amide bonds. The number of nitrogens with two attached hydrogens (primary N) is 1. The van der Waals surface area contributed by atoms with Crippen molar-refractivity contribution >= 4 is 5.91 Å². The van der Waals surface area contributed by atoms with Gasteiger partial charge in [-0.3, -0.25) is 4.79 Å². The molecule has 0 bridgehead atoms. The van der Waals surface area contributed by atoms with E-state index in [0.29, 0.717) is 23.2 Å². The van der Waals surface area contributed by atoms with Gasteiger partial charge in [0.05, 0.1) is 12.1 Å². The zero-order valence-corrected chi connectivity index (χ0v) is 11.1. The van der Waals surface area contributed by atoms with Crippen LogP contribution in [0, 0.1) is 17.8 Å². The van der Waals surface area contributed by atoms with Crippen LogP contribution in [0.5, 0.6) is 0 Å². The highest BCUT2D eigenvalue weighted by Gasteiger charge is 2.37. The van der Waals surface area contributed by atoms with Gasteiger partial charge in [-0.05, 0) is 30.9 Å². The van der Waals surface area contributed by atoms with Crippen LogP contribution in [0.3, 0.4) is 0 Å². The fourth-order valence-electron chi connectivity index (χ4n) is 2.18. The molecule has 0 radical (unpaired) electrons. The number of nitrogens with zero attached hydrogens (tertiary/aromatic N) is 1. The third-order valence-electron chi connectivity index (χ3n) is 3.25. The number of hydrogen-bond acceptors (Lipinski definition) is 3. The normalized spacial score (nSPS) is 20.3. The molecule has 0 spiro atoms. The largest absolute Gasteiger partial charge is 0.348 e. The topological polar surface area (TPSA) is 68.0 Å². The second-order valence-corrected chi connectivity index (χ2v) is 4.77. The maximum absolute atomic E-state index is 12.2. The molecule has 1 heterocycles. The summed E-state index contributed by atoms with van der Waals surface area (Å²) in [5.74, 6) is 6.14. The van der Waals surface area contributed by atoms with Crippen molar-refractivity contribution in [3.8, 4) is 11.8 Å². The van der Waals surface area contributed by atoms with Crippen LogP contribution in [-0.4, -0.2) is 23.5 Å². The predicted molar refractivity (Wildman–Crippen MR) is 74.4 cm³/mol. The second kappa shape index (κ2) is 6.35. The van der Waals surface area contributed by atoms with Crippen LogP contribution >= 0.6 is 0 Å². The minimum Gasteiger partial charge on any atom is -0.348 e. The summed E-state index contributed by atoms with van der Waals surface area (Å²) in [4.78, 5) is 16.3. The standard InChI is InChI=1S/C15H19N3O/c1-2-5-12-10-13(12)18-15(19)14-11(6-3-8-16)7-4-9-17-14/h4,7,9,12-13H,2,5,8,10,16H2,1H3,(H,18,19). The van der Waals surface area contributed by atoms with Gasteiger partial charge in [0.1, 0.15) is 5.69 Å². The van der Waals surface area contributed by atoms with Crippen molar-refractivity contribution in [2.45, 2.75) is 32.2 Å². The fourth-order valence-corrected chi connectivity index (χ4v) is 2.18. The van der Waals surface area contributed by atoms with Crippen molar-refractivity contribution in [3.05, 3.63) is 29.6 Å². The quantitative estimate of drug-likeness (QED) is 0.799. The summed E-state index contributed by atoms with van der Waals surface area (Å²) in [5, 5.41) is 3.02. The molecule has 1 aromatic rings. The molecule has 2 atom stereocenters. The van der Waals surface area contributed by atoms with Crippen molar-refractivity contribution in [1.29, 1.82) is 0 Å². The van der Waals surface area contributed by atoms with Gasteiger partial charge in [0.2, 0.25) is 0 Å². The van der Waals surface area contributed by atoms with Gasteiger partial charge in [0.15, 0.2) is 0 Å². The Hall–Kier alpha value is -1.86. The van der Waals surface area contributed by atoms with Gasteiger partial charge in [-0.2, -0.15) is 0 Å². The molecule has 1 aliphatic carbocycles. The molecule has 3 N–H and O–H groups in total.